The van der Waals surface area contributed by atoms with Gasteiger partial charge in [-0.05, 0) is 43.5 Å². The van der Waals surface area contributed by atoms with Crippen molar-refractivity contribution in [3.8, 4) is 0 Å². The topological polar surface area (TPSA) is 43.1 Å². The van der Waals surface area contributed by atoms with Crippen molar-refractivity contribution in [3.05, 3.63) is 29.3 Å². The van der Waals surface area contributed by atoms with E-state index >= 15 is 0 Å². The minimum Gasteiger partial charge on any atom is -0.328 e. The fraction of sp³-hybridized carbons (Fsp3) is 0.455. The van der Waals surface area contributed by atoms with Gasteiger partial charge in [0.25, 0.3) is 0 Å². The average molecular weight is 244 g/mol. The van der Waals surface area contributed by atoms with Crippen molar-refractivity contribution in [1.82, 2.24) is 0 Å². The van der Waals surface area contributed by atoms with Crippen molar-refractivity contribution < 1.29 is 4.21 Å². The van der Waals surface area contributed by atoms with Crippen molar-refractivity contribution in [1.29, 1.82) is 0 Å². The van der Waals surface area contributed by atoms with Crippen LogP contribution in [0.1, 0.15) is 19.3 Å². The fourth-order valence-electron chi connectivity index (χ4n) is 1.93. The first kappa shape index (κ1) is 11.1. The van der Waals surface area contributed by atoms with E-state index in [1.807, 2.05) is 12.1 Å². The molecule has 0 spiro atoms. The number of hydrogen-bond acceptors (Lipinski definition) is 2. The van der Waals surface area contributed by atoms with Crippen LogP contribution in [0, 0.1) is 0 Å². The van der Waals surface area contributed by atoms with Crippen LogP contribution in [0.2, 0.25) is 5.02 Å². The Balaban J connectivity index is 2.11. The first-order chi connectivity index (χ1) is 7.16. The number of nitrogens with two attached hydrogens (primary N) is 1. The van der Waals surface area contributed by atoms with E-state index in [1.54, 1.807) is 12.1 Å². The summed E-state index contributed by atoms with van der Waals surface area (Å²) in [6.07, 6.45) is 2.83. The molecule has 15 heavy (non-hydrogen) atoms. The third-order valence-corrected chi connectivity index (χ3v) is 4.80. The lowest BCUT2D eigenvalue weighted by Crippen LogP contribution is -2.18. The van der Waals surface area contributed by atoms with Crippen LogP contribution >= 0.6 is 11.6 Å². The summed E-state index contributed by atoms with van der Waals surface area (Å²) >= 11 is 5.78. The molecule has 2 N–H and O–H groups in total. The highest BCUT2D eigenvalue weighted by atomic mass is 35.5. The van der Waals surface area contributed by atoms with Gasteiger partial charge < -0.3 is 5.73 Å². The Kier molecular flexibility index (Phi) is 3.44. The lowest BCUT2D eigenvalue weighted by molar-refractivity contribution is 0.664. The molecule has 1 saturated carbocycles. The van der Waals surface area contributed by atoms with Gasteiger partial charge in [-0.1, -0.05) is 11.6 Å². The van der Waals surface area contributed by atoms with Crippen LogP contribution in [-0.4, -0.2) is 15.5 Å². The molecule has 0 aliphatic heterocycles. The van der Waals surface area contributed by atoms with E-state index in [4.69, 9.17) is 17.3 Å². The molecule has 1 aliphatic carbocycles. The summed E-state index contributed by atoms with van der Waals surface area (Å²) < 4.78 is 12.1. The molecule has 4 heteroatoms. The molecule has 0 bridgehead atoms. The molecule has 2 rings (SSSR count). The first-order valence-corrected chi connectivity index (χ1v) is 6.67. The van der Waals surface area contributed by atoms with E-state index in [0.717, 1.165) is 24.2 Å². The highest BCUT2D eigenvalue weighted by molar-refractivity contribution is 7.85. The van der Waals surface area contributed by atoms with Gasteiger partial charge in [-0.2, -0.15) is 0 Å². The molecule has 0 heterocycles. The second-order valence-electron chi connectivity index (χ2n) is 3.95. The van der Waals surface area contributed by atoms with Gasteiger partial charge in [-0.25, -0.2) is 0 Å². The van der Waals surface area contributed by atoms with Crippen LogP contribution in [0.25, 0.3) is 0 Å². The zero-order valence-corrected chi connectivity index (χ0v) is 9.93. The highest BCUT2D eigenvalue weighted by Crippen LogP contribution is 2.26. The van der Waals surface area contributed by atoms with E-state index in [1.165, 1.54) is 0 Å². The predicted molar refractivity (Wildman–Crippen MR) is 63.5 cm³/mol. The Hall–Kier alpha value is -0.380. The Morgan fingerprint density at radius 3 is 2.47 bits per heavy atom. The SMILES string of the molecule is NC1CCC(S(=O)c2ccc(Cl)cc2)C1. The molecule has 0 aromatic heterocycles. The fourth-order valence-corrected chi connectivity index (χ4v) is 3.62. The summed E-state index contributed by atoms with van der Waals surface area (Å²) in [6, 6.07) is 7.46. The molecule has 2 nitrogen and oxygen atoms in total. The van der Waals surface area contributed by atoms with Gasteiger partial charge in [0.1, 0.15) is 0 Å². The Bertz CT molecular complexity index is 365. The molecule has 1 aliphatic rings. The van der Waals surface area contributed by atoms with Gasteiger partial charge in [0.05, 0.1) is 10.8 Å². The highest BCUT2D eigenvalue weighted by Gasteiger charge is 2.27. The summed E-state index contributed by atoms with van der Waals surface area (Å²) in [4.78, 5) is 0.860. The summed E-state index contributed by atoms with van der Waals surface area (Å²) in [5, 5.41) is 0.903. The van der Waals surface area contributed by atoms with Gasteiger partial charge in [0, 0.05) is 21.2 Å². The van der Waals surface area contributed by atoms with Gasteiger partial charge in [0.15, 0.2) is 0 Å². The van der Waals surface area contributed by atoms with E-state index in [-0.39, 0.29) is 11.3 Å². The molecule has 3 unspecified atom stereocenters. The van der Waals surface area contributed by atoms with Crippen LogP contribution < -0.4 is 5.73 Å². The van der Waals surface area contributed by atoms with E-state index in [0.29, 0.717) is 5.02 Å². The van der Waals surface area contributed by atoms with Crippen LogP contribution in [0.4, 0.5) is 0 Å². The zero-order valence-electron chi connectivity index (χ0n) is 8.36. The maximum absolute atomic E-state index is 12.1. The molecular formula is C11H14ClNOS. The molecule has 0 radical (unpaired) electrons. The third kappa shape index (κ3) is 2.60. The maximum atomic E-state index is 12.1. The Morgan fingerprint density at radius 1 is 1.27 bits per heavy atom. The zero-order chi connectivity index (χ0) is 10.8. The Labute approximate surface area is 97.3 Å². The number of benzene rings is 1. The van der Waals surface area contributed by atoms with E-state index in [2.05, 4.69) is 0 Å². The van der Waals surface area contributed by atoms with Crippen LogP contribution in [0.15, 0.2) is 29.2 Å². The van der Waals surface area contributed by atoms with Crippen molar-refractivity contribution >= 4 is 22.4 Å². The summed E-state index contributed by atoms with van der Waals surface area (Å²) in [5.41, 5.74) is 5.81. The minimum atomic E-state index is -0.926. The van der Waals surface area contributed by atoms with Crippen molar-refractivity contribution in [2.24, 2.45) is 5.73 Å². The van der Waals surface area contributed by atoms with Gasteiger partial charge >= 0.3 is 0 Å². The summed E-state index contributed by atoms with van der Waals surface area (Å²) in [5.74, 6) is 0. The maximum Gasteiger partial charge on any atom is 0.0561 e. The van der Waals surface area contributed by atoms with Crippen LogP contribution in [0.5, 0.6) is 0 Å². The van der Waals surface area contributed by atoms with Gasteiger partial charge in [-0.3, -0.25) is 4.21 Å². The monoisotopic (exact) mass is 243 g/mol. The van der Waals surface area contributed by atoms with Gasteiger partial charge in [0.2, 0.25) is 0 Å². The quantitative estimate of drug-likeness (QED) is 0.867. The number of rotatable bonds is 2. The third-order valence-electron chi connectivity index (χ3n) is 2.77. The second-order valence-corrected chi connectivity index (χ2v) is 6.12. The predicted octanol–water partition coefficient (Wildman–Crippen LogP) is 2.33. The lowest BCUT2D eigenvalue weighted by atomic mass is 10.3. The molecule has 0 saturated heterocycles. The average Bonchev–Trinajstić information content (AvgIpc) is 2.65. The molecular weight excluding hydrogens is 230 g/mol. The van der Waals surface area contributed by atoms with Crippen molar-refractivity contribution in [2.45, 2.75) is 35.4 Å². The standard InChI is InChI=1S/C11H14ClNOS/c12-8-1-4-10(5-2-8)15(14)11-6-3-9(13)7-11/h1-2,4-5,9,11H,3,6-7,13H2. The summed E-state index contributed by atoms with van der Waals surface area (Å²) in [7, 11) is -0.926. The Morgan fingerprint density at radius 2 is 1.93 bits per heavy atom. The summed E-state index contributed by atoms with van der Waals surface area (Å²) in [6.45, 7) is 0. The molecule has 1 fully saturated rings. The lowest BCUT2D eigenvalue weighted by Gasteiger charge is -2.09. The number of hydrogen-bond donors (Lipinski definition) is 1. The minimum absolute atomic E-state index is 0.223. The normalized spacial score (nSPS) is 27.9. The molecule has 3 atom stereocenters. The smallest absolute Gasteiger partial charge is 0.0561 e. The first-order valence-electron chi connectivity index (χ1n) is 5.08. The van der Waals surface area contributed by atoms with Gasteiger partial charge in [-0.15, -0.1) is 0 Å². The van der Waals surface area contributed by atoms with Crippen LogP contribution in [0.3, 0.4) is 0 Å². The molecule has 1 aromatic carbocycles. The van der Waals surface area contributed by atoms with Crippen molar-refractivity contribution in [3.63, 3.8) is 0 Å². The number of halogens is 1. The van der Waals surface area contributed by atoms with Crippen LogP contribution in [-0.2, 0) is 10.8 Å². The van der Waals surface area contributed by atoms with Crippen molar-refractivity contribution in [2.75, 3.05) is 0 Å². The molecule has 0 amide bonds. The largest absolute Gasteiger partial charge is 0.328 e. The molecule has 82 valence electrons. The molecule has 1 aromatic rings. The second kappa shape index (κ2) is 4.64. The van der Waals surface area contributed by atoms with E-state index < -0.39 is 10.8 Å². The van der Waals surface area contributed by atoms with E-state index in [9.17, 15) is 4.21 Å².